The number of carbonyl (C=O) groups excluding carboxylic acids is 1. The Morgan fingerprint density at radius 1 is 1.45 bits per heavy atom. The van der Waals surface area contributed by atoms with Crippen LogP contribution in [0.2, 0.25) is 0 Å². The summed E-state index contributed by atoms with van der Waals surface area (Å²) in [4.78, 5) is 29.5. The number of aliphatic carboxylic acids is 1. The molecule has 1 aromatic heterocycles. The van der Waals surface area contributed by atoms with E-state index >= 15 is 0 Å². The van der Waals surface area contributed by atoms with Crippen molar-refractivity contribution in [3.8, 4) is 0 Å². The normalized spacial score (nSPS) is 28.6. The molecule has 2 N–H and O–H groups in total. The molecule has 20 heavy (non-hydrogen) atoms. The van der Waals surface area contributed by atoms with Gasteiger partial charge in [0.2, 0.25) is 5.82 Å². The molecule has 1 aliphatic heterocycles. The number of nitrogens with one attached hydrogen (secondary N) is 1. The van der Waals surface area contributed by atoms with Crippen LogP contribution >= 0.6 is 0 Å². The van der Waals surface area contributed by atoms with Crippen LogP contribution in [-0.2, 0) is 11.2 Å². The third-order valence-corrected chi connectivity index (χ3v) is 4.46. The molecule has 1 aliphatic carbocycles. The predicted molar refractivity (Wildman–Crippen MR) is 69.1 cm³/mol. The molecule has 108 valence electrons. The van der Waals surface area contributed by atoms with E-state index in [9.17, 15) is 14.7 Å². The lowest BCUT2D eigenvalue weighted by Gasteiger charge is -2.23. The number of fused-ring (bicyclic) bond motifs is 1. The summed E-state index contributed by atoms with van der Waals surface area (Å²) in [6.07, 6.45) is 3.61. The summed E-state index contributed by atoms with van der Waals surface area (Å²) in [5.74, 6) is -0.180. The Hall–Kier alpha value is -1.92. The van der Waals surface area contributed by atoms with Gasteiger partial charge in [-0.25, -0.2) is 9.78 Å². The van der Waals surface area contributed by atoms with Crippen molar-refractivity contribution in [2.45, 2.75) is 38.6 Å². The number of amides is 1. The zero-order chi connectivity index (χ0) is 14.3. The first kappa shape index (κ1) is 13.1. The Balaban J connectivity index is 1.85. The molecule has 0 aromatic carbocycles. The molecule has 7 heteroatoms. The minimum absolute atomic E-state index is 0.0769. The van der Waals surface area contributed by atoms with Crippen molar-refractivity contribution in [1.29, 1.82) is 0 Å². The zero-order valence-corrected chi connectivity index (χ0v) is 11.4. The van der Waals surface area contributed by atoms with Gasteiger partial charge >= 0.3 is 5.97 Å². The van der Waals surface area contributed by atoms with E-state index in [1.54, 1.807) is 0 Å². The van der Waals surface area contributed by atoms with E-state index in [1.165, 1.54) is 4.90 Å². The number of hydrogen-bond acceptors (Lipinski definition) is 4. The first-order valence-corrected chi connectivity index (χ1v) is 7.07. The largest absolute Gasteiger partial charge is 0.480 e. The number of rotatable bonds is 3. The third kappa shape index (κ3) is 1.97. The summed E-state index contributed by atoms with van der Waals surface area (Å²) < 4.78 is 0. The molecule has 1 aromatic rings. The van der Waals surface area contributed by atoms with Crippen molar-refractivity contribution in [3.63, 3.8) is 0 Å². The number of aromatic nitrogens is 3. The molecule has 1 saturated heterocycles. The average molecular weight is 278 g/mol. The Labute approximate surface area is 116 Å². The Morgan fingerprint density at radius 3 is 2.90 bits per heavy atom. The van der Waals surface area contributed by atoms with Crippen LogP contribution in [0.3, 0.4) is 0 Å². The number of H-pyrrole nitrogens is 1. The molecule has 1 amide bonds. The number of hydrogen-bond donors (Lipinski definition) is 2. The second-order valence-electron chi connectivity index (χ2n) is 5.55. The number of carboxylic acid groups (broad SMARTS) is 1. The van der Waals surface area contributed by atoms with E-state index in [4.69, 9.17) is 0 Å². The first-order chi connectivity index (χ1) is 9.61. The minimum Gasteiger partial charge on any atom is -0.480 e. The number of carboxylic acids is 1. The van der Waals surface area contributed by atoms with Crippen molar-refractivity contribution in [2.75, 3.05) is 6.54 Å². The summed E-state index contributed by atoms with van der Waals surface area (Å²) in [5, 5.41) is 16.0. The Bertz CT molecular complexity index is 541. The quantitative estimate of drug-likeness (QED) is 0.847. The fourth-order valence-corrected chi connectivity index (χ4v) is 3.51. The van der Waals surface area contributed by atoms with Gasteiger partial charge in [-0.3, -0.25) is 9.89 Å². The molecule has 0 bridgehead atoms. The molecule has 2 aliphatic rings. The smallest absolute Gasteiger partial charge is 0.326 e. The highest BCUT2D eigenvalue weighted by atomic mass is 16.4. The summed E-state index contributed by atoms with van der Waals surface area (Å²) in [6.45, 7) is 2.42. The van der Waals surface area contributed by atoms with E-state index < -0.39 is 12.0 Å². The molecule has 3 atom stereocenters. The van der Waals surface area contributed by atoms with E-state index in [0.717, 1.165) is 19.3 Å². The number of carbonyl (C=O) groups is 2. The zero-order valence-electron chi connectivity index (χ0n) is 11.4. The topological polar surface area (TPSA) is 99.2 Å². The van der Waals surface area contributed by atoms with E-state index in [0.29, 0.717) is 24.7 Å². The molecule has 0 radical (unpaired) electrons. The number of aryl methyl sites for hydroxylation is 1. The second-order valence-corrected chi connectivity index (χ2v) is 5.55. The van der Waals surface area contributed by atoms with E-state index in [2.05, 4.69) is 15.2 Å². The molecule has 2 heterocycles. The van der Waals surface area contributed by atoms with Crippen LogP contribution in [0.5, 0.6) is 0 Å². The summed E-state index contributed by atoms with van der Waals surface area (Å²) in [5.41, 5.74) is 0. The van der Waals surface area contributed by atoms with Gasteiger partial charge in [0.25, 0.3) is 5.91 Å². The highest BCUT2D eigenvalue weighted by molar-refractivity contribution is 5.94. The van der Waals surface area contributed by atoms with Crippen molar-refractivity contribution < 1.29 is 14.7 Å². The van der Waals surface area contributed by atoms with Gasteiger partial charge in [0, 0.05) is 13.0 Å². The lowest BCUT2D eigenvalue weighted by molar-refractivity contribution is -0.142. The second kappa shape index (κ2) is 4.88. The average Bonchev–Trinajstić information content (AvgIpc) is 3.11. The maximum Gasteiger partial charge on any atom is 0.326 e. The maximum atomic E-state index is 12.4. The fraction of sp³-hybridized carbons (Fsp3) is 0.692. The predicted octanol–water partition coefficient (Wildman–Crippen LogP) is 0.692. The molecule has 1 saturated carbocycles. The third-order valence-electron chi connectivity index (χ3n) is 4.46. The number of nitrogens with zero attached hydrogens (tertiary/aromatic N) is 3. The molecular formula is C13H18N4O3. The van der Waals surface area contributed by atoms with Gasteiger partial charge in [0.15, 0.2) is 0 Å². The number of aromatic amines is 1. The molecule has 3 unspecified atom stereocenters. The van der Waals surface area contributed by atoms with Gasteiger partial charge in [-0.1, -0.05) is 13.3 Å². The van der Waals surface area contributed by atoms with Crippen molar-refractivity contribution in [2.24, 2.45) is 11.8 Å². The van der Waals surface area contributed by atoms with Crippen LogP contribution in [0, 0.1) is 11.8 Å². The van der Waals surface area contributed by atoms with Crippen LogP contribution in [-0.4, -0.2) is 49.7 Å². The number of likely N-dealkylation sites (tertiary alicyclic amines) is 1. The van der Waals surface area contributed by atoms with Gasteiger partial charge in [0.05, 0.1) is 0 Å². The lowest BCUT2D eigenvalue weighted by Crippen LogP contribution is -2.43. The SMILES string of the molecule is CCc1nc(C(=O)N2CC3CCCC3C2C(=O)O)n[nH]1. The molecular weight excluding hydrogens is 260 g/mol. The van der Waals surface area contributed by atoms with Crippen molar-refractivity contribution >= 4 is 11.9 Å². The van der Waals surface area contributed by atoms with E-state index in [1.807, 2.05) is 6.92 Å². The molecule has 0 spiro atoms. The molecule has 3 rings (SSSR count). The van der Waals surface area contributed by atoms with Crippen LogP contribution in [0.15, 0.2) is 0 Å². The summed E-state index contributed by atoms with van der Waals surface area (Å²) >= 11 is 0. The van der Waals surface area contributed by atoms with Crippen molar-refractivity contribution in [1.82, 2.24) is 20.1 Å². The van der Waals surface area contributed by atoms with Crippen LogP contribution in [0.25, 0.3) is 0 Å². The fourth-order valence-electron chi connectivity index (χ4n) is 3.51. The summed E-state index contributed by atoms with van der Waals surface area (Å²) in [6, 6.07) is -0.724. The van der Waals surface area contributed by atoms with E-state index in [-0.39, 0.29) is 17.6 Å². The Morgan fingerprint density at radius 2 is 2.25 bits per heavy atom. The van der Waals surface area contributed by atoms with Crippen LogP contribution in [0.1, 0.15) is 42.6 Å². The van der Waals surface area contributed by atoms with Crippen molar-refractivity contribution in [3.05, 3.63) is 11.6 Å². The van der Waals surface area contributed by atoms with Gasteiger partial charge in [0.1, 0.15) is 11.9 Å². The molecule has 2 fully saturated rings. The lowest BCUT2D eigenvalue weighted by atomic mass is 9.94. The Kier molecular flexibility index (Phi) is 3.19. The van der Waals surface area contributed by atoms with Gasteiger partial charge < -0.3 is 10.0 Å². The van der Waals surface area contributed by atoms with Crippen LogP contribution < -0.4 is 0 Å². The highest BCUT2D eigenvalue weighted by Gasteiger charge is 2.50. The first-order valence-electron chi connectivity index (χ1n) is 7.07. The highest BCUT2D eigenvalue weighted by Crippen LogP contribution is 2.42. The van der Waals surface area contributed by atoms with Gasteiger partial charge in [-0.05, 0) is 24.7 Å². The maximum absolute atomic E-state index is 12.4. The molecule has 7 nitrogen and oxygen atoms in total. The van der Waals surface area contributed by atoms with Gasteiger partial charge in [-0.2, -0.15) is 0 Å². The summed E-state index contributed by atoms with van der Waals surface area (Å²) in [7, 11) is 0. The minimum atomic E-state index is -0.918. The standard InChI is InChI=1S/C13H18N4O3/c1-2-9-14-11(16-15-9)12(18)17-6-7-4-3-5-8(7)10(17)13(19)20/h7-8,10H,2-6H2,1H3,(H,19,20)(H,14,15,16). The monoisotopic (exact) mass is 278 g/mol. The van der Waals surface area contributed by atoms with Gasteiger partial charge in [-0.15, -0.1) is 5.10 Å². The van der Waals surface area contributed by atoms with Crippen LogP contribution in [0.4, 0.5) is 0 Å².